The summed E-state index contributed by atoms with van der Waals surface area (Å²) in [5.74, 6) is -1.37. The first kappa shape index (κ1) is 19.0. The number of nitrogens with two attached hydrogens (primary N) is 1. The summed E-state index contributed by atoms with van der Waals surface area (Å²) in [7, 11) is 1.23. The van der Waals surface area contributed by atoms with Gasteiger partial charge in [0.2, 0.25) is 5.88 Å². The molecular formula is C19H19ClN2O5. The quantitative estimate of drug-likeness (QED) is 0.769. The van der Waals surface area contributed by atoms with Crippen LogP contribution in [0.15, 0.2) is 46.6 Å². The first-order chi connectivity index (χ1) is 12.9. The molecule has 1 aliphatic heterocycles. The largest absolute Gasteiger partial charge is 0.465 e. The van der Waals surface area contributed by atoms with E-state index in [-0.39, 0.29) is 41.5 Å². The lowest BCUT2D eigenvalue weighted by atomic mass is 9.83. The van der Waals surface area contributed by atoms with E-state index < -0.39 is 11.9 Å². The molecular weight excluding hydrogens is 372 g/mol. The Kier molecular flexibility index (Phi) is 5.25. The van der Waals surface area contributed by atoms with E-state index in [9.17, 15) is 14.7 Å². The molecule has 3 N–H and O–H groups in total. The maximum Gasteiger partial charge on any atom is 0.340 e. The van der Waals surface area contributed by atoms with Crippen LogP contribution >= 0.6 is 11.6 Å². The maximum atomic E-state index is 13.2. The number of nitrogens with zero attached hydrogens (tertiary/aromatic N) is 1. The highest BCUT2D eigenvalue weighted by Crippen LogP contribution is 2.41. The smallest absolute Gasteiger partial charge is 0.340 e. The lowest BCUT2D eigenvalue weighted by molar-refractivity contribution is -0.136. The van der Waals surface area contributed by atoms with Crippen LogP contribution in [0.5, 0.6) is 5.75 Å². The number of aliphatic hydroxyl groups is 1. The second-order valence-electron chi connectivity index (χ2n) is 6.10. The third-order valence-electron chi connectivity index (χ3n) is 4.48. The molecule has 0 bridgehead atoms. The van der Waals surface area contributed by atoms with Crippen LogP contribution in [0.2, 0.25) is 5.02 Å². The number of pyridine rings is 1. The number of aryl methyl sites for hydroxylation is 1. The number of halogens is 1. The minimum Gasteiger partial charge on any atom is -0.465 e. The number of rotatable bonds is 4. The van der Waals surface area contributed by atoms with Gasteiger partial charge in [-0.25, -0.2) is 4.79 Å². The first-order valence-corrected chi connectivity index (χ1v) is 8.63. The van der Waals surface area contributed by atoms with Gasteiger partial charge in [0, 0.05) is 23.3 Å². The molecule has 0 spiro atoms. The molecule has 2 heterocycles. The van der Waals surface area contributed by atoms with Crippen molar-refractivity contribution in [3.63, 3.8) is 0 Å². The third kappa shape index (κ3) is 3.31. The van der Waals surface area contributed by atoms with Gasteiger partial charge in [0.1, 0.15) is 11.3 Å². The number of carbonyl (C=O) groups excluding carboxylic acids is 1. The molecule has 0 aliphatic carbocycles. The number of fused-ring (bicyclic) bond motifs is 1. The number of benzene rings is 1. The van der Waals surface area contributed by atoms with Crippen LogP contribution in [0.1, 0.15) is 22.7 Å². The number of methoxy groups -OCH3 is 1. The Hall–Kier alpha value is -2.77. The second kappa shape index (κ2) is 7.46. The molecule has 2 aromatic rings. The first-order valence-electron chi connectivity index (χ1n) is 8.25. The summed E-state index contributed by atoms with van der Waals surface area (Å²) in [6.07, 6.45) is 0. The zero-order chi connectivity index (χ0) is 19.7. The summed E-state index contributed by atoms with van der Waals surface area (Å²) in [5, 5.41) is 9.75. The fourth-order valence-electron chi connectivity index (χ4n) is 3.29. The highest BCUT2D eigenvalue weighted by atomic mass is 35.5. The Balaban J connectivity index is 2.34. The molecule has 1 atom stereocenters. The summed E-state index contributed by atoms with van der Waals surface area (Å²) >= 11 is 6.12. The van der Waals surface area contributed by atoms with Gasteiger partial charge < -0.3 is 24.9 Å². The average Bonchev–Trinajstić information content (AvgIpc) is 2.63. The van der Waals surface area contributed by atoms with Crippen molar-refractivity contribution >= 4 is 17.6 Å². The minimum atomic E-state index is -0.807. The Morgan fingerprint density at radius 3 is 2.78 bits per heavy atom. The summed E-state index contributed by atoms with van der Waals surface area (Å²) in [6.45, 7) is 1.64. The molecule has 0 amide bonds. The van der Waals surface area contributed by atoms with Crippen molar-refractivity contribution < 1.29 is 19.4 Å². The van der Waals surface area contributed by atoms with Gasteiger partial charge in [-0.1, -0.05) is 23.7 Å². The van der Waals surface area contributed by atoms with Crippen LogP contribution < -0.4 is 16.0 Å². The standard InChI is InChI=1S/C19H19ClN2O5/c1-10-8-13-15(18(24)22(10)6-7-23)14(11-4-3-5-12(20)9-11)16(17(21)27-13)19(25)26-2/h3-5,8-9,14,23H,6-7,21H2,1-2H3/t14-/m1/s1. The third-order valence-corrected chi connectivity index (χ3v) is 4.72. The van der Waals surface area contributed by atoms with E-state index in [0.29, 0.717) is 16.3 Å². The van der Waals surface area contributed by atoms with Crippen molar-refractivity contribution in [2.24, 2.45) is 5.73 Å². The number of hydrogen-bond acceptors (Lipinski definition) is 6. The Morgan fingerprint density at radius 2 is 2.15 bits per heavy atom. The Morgan fingerprint density at radius 1 is 1.41 bits per heavy atom. The molecule has 0 unspecified atom stereocenters. The van der Waals surface area contributed by atoms with Crippen LogP contribution in [-0.4, -0.2) is 29.4 Å². The SMILES string of the molecule is COC(=O)C1=C(N)Oc2cc(C)n(CCO)c(=O)c2[C@H]1c1cccc(Cl)c1. The molecule has 3 rings (SSSR count). The van der Waals surface area contributed by atoms with Crippen LogP contribution in [0.4, 0.5) is 0 Å². The molecule has 1 aromatic carbocycles. The molecule has 142 valence electrons. The highest BCUT2D eigenvalue weighted by molar-refractivity contribution is 6.30. The molecule has 0 radical (unpaired) electrons. The Labute approximate surface area is 160 Å². The van der Waals surface area contributed by atoms with E-state index in [1.54, 1.807) is 37.3 Å². The number of esters is 1. The molecule has 0 fully saturated rings. The van der Waals surface area contributed by atoms with Crippen molar-refractivity contribution in [2.45, 2.75) is 19.4 Å². The van der Waals surface area contributed by atoms with E-state index >= 15 is 0 Å². The molecule has 0 saturated carbocycles. The Bertz CT molecular complexity index is 996. The van der Waals surface area contributed by atoms with Crippen molar-refractivity contribution in [3.8, 4) is 5.75 Å². The van der Waals surface area contributed by atoms with Gasteiger partial charge in [-0.3, -0.25) is 4.79 Å². The van der Waals surface area contributed by atoms with Crippen LogP contribution in [-0.2, 0) is 16.1 Å². The number of aliphatic hydroxyl groups excluding tert-OH is 1. The van der Waals surface area contributed by atoms with Crippen LogP contribution in [0.3, 0.4) is 0 Å². The number of hydrogen-bond donors (Lipinski definition) is 2. The summed E-state index contributed by atoms with van der Waals surface area (Å²) in [6, 6.07) is 8.48. The maximum absolute atomic E-state index is 13.2. The normalized spacial score (nSPS) is 15.9. The van der Waals surface area contributed by atoms with Crippen LogP contribution in [0.25, 0.3) is 0 Å². The zero-order valence-corrected chi connectivity index (χ0v) is 15.6. The van der Waals surface area contributed by atoms with E-state index in [1.165, 1.54) is 11.7 Å². The topological polar surface area (TPSA) is 104 Å². The van der Waals surface area contributed by atoms with E-state index in [2.05, 4.69) is 0 Å². The average molecular weight is 391 g/mol. The summed E-state index contributed by atoms with van der Waals surface area (Å²) in [4.78, 5) is 25.6. The van der Waals surface area contributed by atoms with Crippen LogP contribution in [0, 0.1) is 6.92 Å². The minimum absolute atomic E-state index is 0.0313. The monoisotopic (exact) mass is 390 g/mol. The molecule has 7 nitrogen and oxygen atoms in total. The van der Waals surface area contributed by atoms with E-state index in [1.807, 2.05) is 0 Å². The fourth-order valence-corrected chi connectivity index (χ4v) is 3.49. The lowest BCUT2D eigenvalue weighted by Crippen LogP contribution is -2.35. The lowest BCUT2D eigenvalue weighted by Gasteiger charge is -2.29. The van der Waals surface area contributed by atoms with E-state index in [0.717, 1.165) is 0 Å². The van der Waals surface area contributed by atoms with Crippen molar-refractivity contribution in [3.05, 3.63) is 74.0 Å². The highest BCUT2D eigenvalue weighted by Gasteiger charge is 2.38. The van der Waals surface area contributed by atoms with Gasteiger partial charge in [0.05, 0.1) is 25.2 Å². The van der Waals surface area contributed by atoms with Gasteiger partial charge in [-0.05, 0) is 24.6 Å². The molecule has 1 aliphatic rings. The second-order valence-corrected chi connectivity index (χ2v) is 6.54. The van der Waals surface area contributed by atoms with Gasteiger partial charge in [0.25, 0.3) is 5.56 Å². The van der Waals surface area contributed by atoms with Gasteiger partial charge in [-0.2, -0.15) is 0 Å². The fraction of sp³-hybridized carbons (Fsp3) is 0.263. The molecule has 8 heteroatoms. The summed E-state index contributed by atoms with van der Waals surface area (Å²) < 4.78 is 11.9. The molecule has 27 heavy (non-hydrogen) atoms. The van der Waals surface area contributed by atoms with Crippen molar-refractivity contribution in [2.75, 3.05) is 13.7 Å². The molecule has 1 aromatic heterocycles. The number of ether oxygens (including phenoxy) is 2. The number of aromatic nitrogens is 1. The zero-order valence-electron chi connectivity index (χ0n) is 14.9. The van der Waals surface area contributed by atoms with Crippen molar-refractivity contribution in [1.29, 1.82) is 0 Å². The predicted molar refractivity (Wildman–Crippen MR) is 99.7 cm³/mol. The van der Waals surface area contributed by atoms with Gasteiger partial charge >= 0.3 is 5.97 Å². The van der Waals surface area contributed by atoms with Gasteiger partial charge in [-0.15, -0.1) is 0 Å². The molecule has 0 saturated heterocycles. The number of carbonyl (C=O) groups is 1. The van der Waals surface area contributed by atoms with Gasteiger partial charge in [0.15, 0.2) is 0 Å². The van der Waals surface area contributed by atoms with E-state index in [4.69, 9.17) is 26.8 Å². The summed E-state index contributed by atoms with van der Waals surface area (Å²) in [5.41, 5.74) is 7.11. The van der Waals surface area contributed by atoms with Crippen molar-refractivity contribution in [1.82, 2.24) is 4.57 Å². The predicted octanol–water partition coefficient (Wildman–Crippen LogP) is 1.67.